The monoisotopic (exact) mass is 292 g/mol. The molecular formula is C8H6Br2O2. The first-order chi connectivity index (χ1) is 5.46. The minimum Gasteiger partial charge on any atom is -0.289 e. The number of allylic oxidation sites excluding steroid dienone is 4. The van der Waals surface area contributed by atoms with E-state index in [0.717, 1.165) is 0 Å². The van der Waals surface area contributed by atoms with E-state index in [0.29, 0.717) is 20.1 Å². The van der Waals surface area contributed by atoms with Crippen molar-refractivity contribution in [3.63, 3.8) is 0 Å². The molecule has 0 unspecified atom stereocenters. The molecule has 1 aliphatic carbocycles. The first-order valence-electron chi connectivity index (χ1n) is 3.29. The van der Waals surface area contributed by atoms with Gasteiger partial charge in [-0.25, -0.2) is 0 Å². The maximum atomic E-state index is 11.4. The van der Waals surface area contributed by atoms with Crippen molar-refractivity contribution in [2.75, 3.05) is 0 Å². The van der Waals surface area contributed by atoms with Crippen molar-refractivity contribution in [3.05, 3.63) is 20.1 Å². The van der Waals surface area contributed by atoms with E-state index in [1.165, 1.54) is 0 Å². The molecule has 0 amide bonds. The van der Waals surface area contributed by atoms with Crippen LogP contribution in [0.1, 0.15) is 13.8 Å². The second-order valence-electron chi connectivity index (χ2n) is 2.54. The van der Waals surface area contributed by atoms with Crippen molar-refractivity contribution >= 4 is 43.4 Å². The van der Waals surface area contributed by atoms with Gasteiger partial charge in [-0.05, 0) is 45.7 Å². The minimum atomic E-state index is -0.162. The Hall–Kier alpha value is -0.220. The van der Waals surface area contributed by atoms with Gasteiger partial charge in [-0.3, -0.25) is 9.59 Å². The van der Waals surface area contributed by atoms with Crippen LogP contribution in [0.2, 0.25) is 0 Å². The normalized spacial score (nSPS) is 19.3. The van der Waals surface area contributed by atoms with Crippen molar-refractivity contribution in [1.29, 1.82) is 0 Å². The molecule has 2 nitrogen and oxygen atoms in total. The summed E-state index contributed by atoms with van der Waals surface area (Å²) in [5, 5.41) is 0. The topological polar surface area (TPSA) is 34.1 Å². The second kappa shape index (κ2) is 3.26. The number of halogens is 2. The summed E-state index contributed by atoms with van der Waals surface area (Å²) < 4.78 is 0.704. The lowest BCUT2D eigenvalue weighted by molar-refractivity contribution is -0.115. The fourth-order valence-electron chi connectivity index (χ4n) is 0.918. The largest absolute Gasteiger partial charge is 0.289 e. The number of rotatable bonds is 0. The van der Waals surface area contributed by atoms with Crippen LogP contribution < -0.4 is 0 Å². The van der Waals surface area contributed by atoms with Crippen LogP contribution in [0.15, 0.2) is 20.1 Å². The highest BCUT2D eigenvalue weighted by molar-refractivity contribution is 9.13. The molecule has 1 aliphatic rings. The lowest BCUT2D eigenvalue weighted by Crippen LogP contribution is -2.16. The third-order valence-corrected chi connectivity index (χ3v) is 3.65. The van der Waals surface area contributed by atoms with Gasteiger partial charge in [0.2, 0.25) is 5.78 Å². The van der Waals surface area contributed by atoms with Gasteiger partial charge >= 0.3 is 0 Å². The summed E-state index contributed by atoms with van der Waals surface area (Å²) >= 11 is 6.14. The summed E-state index contributed by atoms with van der Waals surface area (Å²) in [5.41, 5.74) is 0.946. The number of carbonyl (C=O) groups excluding carboxylic acids is 2. The Labute approximate surface area is 87.0 Å². The zero-order chi connectivity index (χ0) is 9.46. The van der Waals surface area contributed by atoms with E-state index in [1.54, 1.807) is 13.8 Å². The van der Waals surface area contributed by atoms with Gasteiger partial charge in [0.25, 0.3) is 0 Å². The minimum absolute atomic E-state index is 0.0895. The van der Waals surface area contributed by atoms with Gasteiger partial charge in [0.05, 0.1) is 8.96 Å². The fraction of sp³-hybridized carbons (Fsp3) is 0.250. The number of Topliss-reactive ketones (excluding diaryl/α,β-unsaturated/α-hetero) is 2. The lowest BCUT2D eigenvalue weighted by atomic mass is 9.98. The maximum Gasteiger partial charge on any atom is 0.207 e. The standard InChI is InChI=1S/C8H6Br2O2/c1-3-5(9)8(12)6(10)4(2)7(3)11/h1-2H3. The molecule has 12 heavy (non-hydrogen) atoms. The SMILES string of the molecule is CC1=C(Br)C(=O)C(Br)=C(C)C1=O. The zero-order valence-electron chi connectivity index (χ0n) is 6.57. The van der Waals surface area contributed by atoms with E-state index >= 15 is 0 Å². The van der Waals surface area contributed by atoms with Gasteiger partial charge in [0.1, 0.15) is 0 Å². The van der Waals surface area contributed by atoms with Gasteiger partial charge in [0, 0.05) is 11.1 Å². The molecule has 0 atom stereocenters. The van der Waals surface area contributed by atoms with Crippen LogP contribution in [0.5, 0.6) is 0 Å². The molecule has 4 heteroatoms. The predicted molar refractivity (Wildman–Crippen MR) is 53.3 cm³/mol. The van der Waals surface area contributed by atoms with E-state index in [9.17, 15) is 9.59 Å². The number of hydrogen-bond acceptors (Lipinski definition) is 2. The molecule has 1 rings (SSSR count). The van der Waals surface area contributed by atoms with Crippen LogP contribution in [0.25, 0.3) is 0 Å². The molecule has 0 N–H and O–H groups in total. The highest BCUT2D eigenvalue weighted by atomic mass is 79.9. The summed E-state index contributed by atoms with van der Waals surface area (Å²) in [7, 11) is 0. The van der Waals surface area contributed by atoms with Crippen molar-refractivity contribution in [3.8, 4) is 0 Å². The molecule has 0 heterocycles. The van der Waals surface area contributed by atoms with Gasteiger partial charge in [0.15, 0.2) is 5.78 Å². The molecule has 64 valence electrons. The first kappa shape index (κ1) is 9.86. The van der Waals surface area contributed by atoms with Crippen LogP contribution in [0.3, 0.4) is 0 Å². The van der Waals surface area contributed by atoms with E-state index in [-0.39, 0.29) is 11.6 Å². The molecule has 0 bridgehead atoms. The lowest BCUT2D eigenvalue weighted by Gasteiger charge is -2.12. The van der Waals surface area contributed by atoms with E-state index < -0.39 is 0 Å². The molecule has 0 aromatic rings. The van der Waals surface area contributed by atoms with E-state index in [4.69, 9.17) is 0 Å². The zero-order valence-corrected chi connectivity index (χ0v) is 9.74. The van der Waals surface area contributed by atoms with Crippen molar-refractivity contribution in [2.24, 2.45) is 0 Å². The average molecular weight is 294 g/mol. The number of carbonyl (C=O) groups is 2. The molecule has 0 saturated carbocycles. The fourth-order valence-corrected chi connectivity index (χ4v) is 1.94. The predicted octanol–water partition coefficient (Wildman–Crippen LogP) is 2.48. The summed E-state index contributed by atoms with van der Waals surface area (Å²) in [6, 6.07) is 0. The molecule has 0 spiro atoms. The summed E-state index contributed by atoms with van der Waals surface area (Å²) in [6.45, 7) is 3.26. The van der Waals surface area contributed by atoms with Crippen molar-refractivity contribution < 1.29 is 9.59 Å². The Morgan fingerprint density at radius 3 is 1.50 bits per heavy atom. The van der Waals surface area contributed by atoms with Gasteiger partial charge in [-0.15, -0.1) is 0 Å². The Bertz CT molecular complexity index is 275. The molecule has 0 radical (unpaired) electrons. The maximum absolute atomic E-state index is 11.4. The molecule has 0 fully saturated rings. The van der Waals surface area contributed by atoms with Gasteiger partial charge < -0.3 is 0 Å². The molecule has 0 saturated heterocycles. The quantitative estimate of drug-likeness (QED) is 0.643. The van der Waals surface area contributed by atoms with Crippen LogP contribution in [-0.2, 0) is 9.59 Å². The molecular weight excluding hydrogens is 288 g/mol. The van der Waals surface area contributed by atoms with E-state index in [2.05, 4.69) is 31.9 Å². The van der Waals surface area contributed by atoms with Crippen LogP contribution >= 0.6 is 31.9 Å². The molecule has 0 aromatic carbocycles. The third-order valence-electron chi connectivity index (χ3n) is 1.74. The van der Waals surface area contributed by atoms with Gasteiger partial charge in [-0.1, -0.05) is 0 Å². The highest BCUT2D eigenvalue weighted by Gasteiger charge is 2.27. The third kappa shape index (κ3) is 1.33. The Balaban J connectivity index is 3.32. The van der Waals surface area contributed by atoms with E-state index in [1.807, 2.05) is 0 Å². The Morgan fingerprint density at radius 1 is 0.833 bits per heavy atom. The number of hydrogen-bond donors (Lipinski definition) is 0. The van der Waals surface area contributed by atoms with Crippen molar-refractivity contribution in [1.82, 2.24) is 0 Å². The second-order valence-corrected chi connectivity index (χ2v) is 4.12. The number of ketones is 2. The van der Waals surface area contributed by atoms with Gasteiger partial charge in [-0.2, -0.15) is 0 Å². The van der Waals surface area contributed by atoms with Crippen LogP contribution in [0, 0.1) is 0 Å². The summed E-state index contributed by atoms with van der Waals surface area (Å²) in [4.78, 5) is 22.7. The summed E-state index contributed by atoms with van der Waals surface area (Å²) in [5.74, 6) is -0.252. The van der Waals surface area contributed by atoms with Crippen molar-refractivity contribution in [2.45, 2.75) is 13.8 Å². The highest BCUT2D eigenvalue weighted by Crippen LogP contribution is 2.30. The molecule has 0 aliphatic heterocycles. The average Bonchev–Trinajstić information content (AvgIpc) is 2.08. The summed E-state index contributed by atoms with van der Waals surface area (Å²) in [6.07, 6.45) is 0. The molecule has 0 aromatic heterocycles. The Morgan fingerprint density at radius 2 is 1.17 bits per heavy atom. The van der Waals surface area contributed by atoms with Crippen LogP contribution in [0.4, 0.5) is 0 Å². The van der Waals surface area contributed by atoms with Crippen LogP contribution in [-0.4, -0.2) is 11.6 Å². The Kier molecular flexibility index (Phi) is 2.68. The smallest absolute Gasteiger partial charge is 0.207 e. The first-order valence-corrected chi connectivity index (χ1v) is 4.87.